The third-order valence-corrected chi connectivity index (χ3v) is 3.01. The fourth-order valence-corrected chi connectivity index (χ4v) is 2.12. The van der Waals surface area contributed by atoms with Gasteiger partial charge in [-0.2, -0.15) is 0 Å². The number of hydrogen-bond acceptors (Lipinski definition) is 3. The van der Waals surface area contributed by atoms with Crippen LogP contribution < -0.4 is 11.3 Å². The second-order valence-electron chi connectivity index (χ2n) is 3.18. The Morgan fingerprint density at radius 2 is 1.94 bits per heavy atom. The van der Waals surface area contributed by atoms with E-state index in [0.717, 1.165) is 10.0 Å². The first kappa shape index (κ1) is 11.1. The van der Waals surface area contributed by atoms with Gasteiger partial charge in [-0.15, -0.1) is 0 Å². The van der Waals surface area contributed by atoms with Crippen molar-refractivity contribution in [3.05, 3.63) is 43.9 Å². The standard InChI is InChI=1S/C10H8BrN3OS/c11-6-4-2-1-3-5(6)7-8(12)13-10(16)14-9(7)15/h1-4H,(H4,12,13,14,15,16). The predicted octanol–water partition coefficient (Wildman–Crippen LogP) is 2.44. The van der Waals surface area contributed by atoms with Crippen molar-refractivity contribution in [3.8, 4) is 11.1 Å². The Hall–Kier alpha value is -1.40. The molecule has 2 rings (SSSR count). The van der Waals surface area contributed by atoms with Crippen LogP contribution in [0.15, 0.2) is 33.5 Å². The lowest BCUT2D eigenvalue weighted by atomic mass is 10.1. The van der Waals surface area contributed by atoms with Crippen LogP contribution in [-0.2, 0) is 0 Å². The molecule has 0 saturated heterocycles. The Morgan fingerprint density at radius 1 is 1.25 bits per heavy atom. The molecule has 0 saturated carbocycles. The van der Waals surface area contributed by atoms with Gasteiger partial charge in [-0.1, -0.05) is 34.1 Å². The van der Waals surface area contributed by atoms with Crippen molar-refractivity contribution in [3.63, 3.8) is 0 Å². The largest absolute Gasteiger partial charge is 0.385 e. The molecule has 0 aliphatic carbocycles. The molecule has 16 heavy (non-hydrogen) atoms. The molecule has 0 amide bonds. The van der Waals surface area contributed by atoms with Crippen LogP contribution in [0.1, 0.15) is 0 Å². The third-order valence-electron chi connectivity index (χ3n) is 2.11. The van der Waals surface area contributed by atoms with Crippen molar-refractivity contribution >= 4 is 34.0 Å². The van der Waals surface area contributed by atoms with E-state index in [1.165, 1.54) is 0 Å². The number of hydrogen-bond donors (Lipinski definition) is 3. The molecule has 0 unspecified atom stereocenters. The van der Waals surface area contributed by atoms with E-state index in [2.05, 4.69) is 25.9 Å². The first-order valence-electron chi connectivity index (χ1n) is 4.46. The maximum atomic E-state index is 11.8. The van der Waals surface area contributed by atoms with E-state index in [4.69, 9.17) is 18.0 Å². The minimum absolute atomic E-state index is 0.221. The molecule has 82 valence electrons. The summed E-state index contributed by atoms with van der Waals surface area (Å²) < 4.78 is 1.02. The number of aromatic nitrogens is 2. The number of aromatic amines is 2. The fourth-order valence-electron chi connectivity index (χ4n) is 1.44. The van der Waals surface area contributed by atoms with Gasteiger partial charge in [0.2, 0.25) is 0 Å². The SMILES string of the molecule is Nc1[nH]c(=S)[nH]c(=O)c1-c1ccccc1Br. The molecule has 0 bridgehead atoms. The number of rotatable bonds is 1. The van der Waals surface area contributed by atoms with Gasteiger partial charge in [-0.25, -0.2) is 0 Å². The lowest BCUT2D eigenvalue weighted by molar-refractivity contribution is 1.10. The van der Waals surface area contributed by atoms with Crippen molar-refractivity contribution in [2.75, 3.05) is 5.73 Å². The Bertz CT molecular complexity index is 647. The van der Waals surface area contributed by atoms with Gasteiger partial charge in [0.1, 0.15) is 5.82 Å². The van der Waals surface area contributed by atoms with E-state index in [0.29, 0.717) is 5.56 Å². The molecule has 0 atom stereocenters. The van der Waals surface area contributed by atoms with Crippen molar-refractivity contribution in [2.24, 2.45) is 0 Å². The van der Waals surface area contributed by atoms with E-state index in [1.54, 1.807) is 0 Å². The second kappa shape index (κ2) is 4.23. The molecular formula is C10H8BrN3OS. The lowest BCUT2D eigenvalue weighted by Crippen LogP contribution is -2.14. The normalized spacial score (nSPS) is 10.3. The smallest absolute Gasteiger partial charge is 0.261 e. The van der Waals surface area contributed by atoms with Gasteiger partial charge < -0.3 is 10.7 Å². The van der Waals surface area contributed by atoms with Crippen molar-refractivity contribution in [2.45, 2.75) is 0 Å². The van der Waals surface area contributed by atoms with Gasteiger partial charge in [-0.05, 0) is 18.3 Å². The molecule has 4 N–H and O–H groups in total. The van der Waals surface area contributed by atoms with Gasteiger partial charge in [-0.3, -0.25) is 9.78 Å². The molecular weight excluding hydrogens is 290 g/mol. The van der Waals surface area contributed by atoms with E-state index in [1.807, 2.05) is 24.3 Å². The summed E-state index contributed by atoms with van der Waals surface area (Å²) in [6.45, 7) is 0. The summed E-state index contributed by atoms with van der Waals surface area (Å²) in [6.07, 6.45) is 0. The maximum Gasteiger partial charge on any atom is 0.261 e. The average molecular weight is 298 g/mol. The summed E-state index contributed by atoms with van der Waals surface area (Å²) in [4.78, 5) is 17.0. The highest BCUT2D eigenvalue weighted by Crippen LogP contribution is 2.27. The van der Waals surface area contributed by atoms with E-state index in [-0.39, 0.29) is 16.1 Å². The lowest BCUT2D eigenvalue weighted by Gasteiger charge is -2.06. The van der Waals surface area contributed by atoms with Crippen molar-refractivity contribution < 1.29 is 0 Å². The summed E-state index contributed by atoms with van der Waals surface area (Å²) in [6, 6.07) is 7.35. The third kappa shape index (κ3) is 1.94. The first-order valence-corrected chi connectivity index (χ1v) is 5.66. The zero-order valence-electron chi connectivity index (χ0n) is 8.08. The number of halogens is 1. The second-order valence-corrected chi connectivity index (χ2v) is 4.44. The van der Waals surface area contributed by atoms with E-state index in [9.17, 15) is 4.79 Å². The summed E-state index contributed by atoms with van der Waals surface area (Å²) in [7, 11) is 0. The van der Waals surface area contributed by atoms with Crippen LogP contribution in [0.25, 0.3) is 11.1 Å². The first-order chi connectivity index (χ1) is 7.59. The molecule has 2 aromatic rings. The van der Waals surface area contributed by atoms with E-state index >= 15 is 0 Å². The van der Waals surface area contributed by atoms with Gasteiger partial charge in [0, 0.05) is 10.0 Å². The molecule has 0 spiro atoms. The van der Waals surface area contributed by atoms with Crippen molar-refractivity contribution in [1.29, 1.82) is 0 Å². The Kier molecular flexibility index (Phi) is 2.93. The molecule has 0 aliphatic heterocycles. The molecule has 0 aliphatic rings. The molecule has 0 fully saturated rings. The summed E-state index contributed by atoms with van der Waals surface area (Å²) in [5.74, 6) is 0.264. The van der Waals surface area contributed by atoms with Crippen molar-refractivity contribution in [1.82, 2.24) is 9.97 Å². The van der Waals surface area contributed by atoms with Crippen LogP contribution in [0.5, 0.6) is 0 Å². The van der Waals surface area contributed by atoms with Gasteiger partial charge in [0.15, 0.2) is 4.77 Å². The number of benzene rings is 1. The maximum absolute atomic E-state index is 11.8. The van der Waals surface area contributed by atoms with Crippen LogP contribution in [0, 0.1) is 4.77 Å². The van der Waals surface area contributed by atoms with Crippen LogP contribution in [-0.4, -0.2) is 9.97 Å². The number of nitrogens with two attached hydrogens (primary N) is 1. The van der Waals surface area contributed by atoms with Crippen LogP contribution in [0.4, 0.5) is 5.82 Å². The van der Waals surface area contributed by atoms with Gasteiger partial charge >= 0.3 is 0 Å². The molecule has 1 aromatic carbocycles. The summed E-state index contributed by atoms with van der Waals surface area (Å²) in [5, 5.41) is 0. The highest BCUT2D eigenvalue weighted by Gasteiger charge is 2.10. The van der Waals surface area contributed by atoms with Gasteiger partial charge in [0.05, 0.1) is 5.56 Å². The van der Waals surface area contributed by atoms with Crippen LogP contribution in [0.3, 0.4) is 0 Å². The Balaban J connectivity index is 2.80. The summed E-state index contributed by atoms with van der Waals surface area (Å²) in [5.41, 5.74) is 6.58. The fraction of sp³-hybridized carbons (Fsp3) is 0. The number of anilines is 1. The molecule has 6 heteroatoms. The monoisotopic (exact) mass is 297 g/mol. The highest BCUT2D eigenvalue weighted by molar-refractivity contribution is 9.10. The number of nitrogens with one attached hydrogen (secondary N) is 2. The number of nitrogen functional groups attached to an aromatic ring is 1. The molecule has 0 radical (unpaired) electrons. The topological polar surface area (TPSA) is 74.7 Å². The molecule has 4 nitrogen and oxygen atoms in total. The predicted molar refractivity (Wildman–Crippen MR) is 69.8 cm³/mol. The minimum Gasteiger partial charge on any atom is -0.385 e. The quantitative estimate of drug-likeness (QED) is 0.708. The zero-order valence-corrected chi connectivity index (χ0v) is 10.5. The Morgan fingerprint density at radius 3 is 2.56 bits per heavy atom. The number of H-pyrrole nitrogens is 2. The summed E-state index contributed by atoms with van der Waals surface area (Å²) >= 11 is 8.20. The Labute approximate surface area is 105 Å². The van der Waals surface area contributed by atoms with Crippen LogP contribution in [0.2, 0.25) is 0 Å². The minimum atomic E-state index is -0.298. The molecule has 1 heterocycles. The van der Waals surface area contributed by atoms with E-state index < -0.39 is 0 Å². The highest BCUT2D eigenvalue weighted by atomic mass is 79.9. The average Bonchev–Trinajstić information content (AvgIpc) is 2.19. The molecule has 1 aromatic heterocycles. The van der Waals surface area contributed by atoms with Crippen LogP contribution >= 0.6 is 28.1 Å². The van der Waals surface area contributed by atoms with Gasteiger partial charge in [0.25, 0.3) is 5.56 Å². The zero-order chi connectivity index (χ0) is 11.7.